The van der Waals surface area contributed by atoms with Gasteiger partial charge in [-0.15, -0.1) is 0 Å². The van der Waals surface area contributed by atoms with Crippen molar-refractivity contribution in [3.05, 3.63) is 29.3 Å². The summed E-state index contributed by atoms with van der Waals surface area (Å²) in [6.07, 6.45) is 8.47. The summed E-state index contributed by atoms with van der Waals surface area (Å²) in [5.41, 5.74) is 2.55. The first-order valence-corrected chi connectivity index (χ1v) is 8.30. The highest BCUT2D eigenvalue weighted by atomic mass is 16.3. The Morgan fingerprint density at radius 2 is 1.85 bits per heavy atom. The molecule has 1 aliphatic rings. The van der Waals surface area contributed by atoms with Crippen molar-refractivity contribution in [3.8, 4) is 5.75 Å². The maximum absolute atomic E-state index is 10.1. The van der Waals surface area contributed by atoms with Gasteiger partial charge in [-0.25, -0.2) is 0 Å². The lowest BCUT2D eigenvalue weighted by Crippen LogP contribution is -2.40. The molecule has 2 rings (SSSR count). The number of aromatic hydroxyl groups is 1. The van der Waals surface area contributed by atoms with Crippen molar-refractivity contribution < 1.29 is 5.11 Å². The number of fused-ring (bicyclic) bond motifs is 1. The van der Waals surface area contributed by atoms with Crippen LogP contribution in [0.3, 0.4) is 0 Å². The fraction of sp³-hybridized carbons (Fsp3) is 0.667. The lowest BCUT2D eigenvalue weighted by atomic mass is 9.86. The molecular weight excluding hydrogens is 246 g/mol. The number of phenols is 1. The maximum Gasteiger partial charge on any atom is 0.119 e. The average Bonchev–Trinajstić information content (AvgIpc) is 2.48. The van der Waals surface area contributed by atoms with Crippen LogP contribution in [0, 0.1) is 0 Å². The van der Waals surface area contributed by atoms with Gasteiger partial charge in [0.25, 0.3) is 0 Å². The van der Waals surface area contributed by atoms with Gasteiger partial charge in [0.1, 0.15) is 5.75 Å². The van der Waals surface area contributed by atoms with E-state index < -0.39 is 0 Å². The Hall–Kier alpha value is -1.02. The number of hydrogen-bond donors (Lipinski definition) is 1. The highest BCUT2D eigenvalue weighted by Gasteiger charge is 2.25. The molecule has 112 valence electrons. The minimum atomic E-state index is 0.498. The van der Waals surface area contributed by atoms with Crippen molar-refractivity contribution in [2.24, 2.45) is 0 Å². The van der Waals surface area contributed by atoms with Crippen LogP contribution in [0.4, 0.5) is 0 Å². The van der Waals surface area contributed by atoms with Crippen LogP contribution in [0.5, 0.6) is 5.75 Å². The van der Waals surface area contributed by atoms with Crippen LogP contribution < -0.4 is 0 Å². The maximum atomic E-state index is 10.1. The average molecular weight is 275 g/mol. The van der Waals surface area contributed by atoms with E-state index in [2.05, 4.69) is 24.8 Å². The number of phenolic OH excluding ortho intramolecular Hbond substituents is 1. The Kier molecular flexibility index (Phi) is 5.90. The lowest BCUT2D eigenvalue weighted by Gasteiger charge is -2.35. The van der Waals surface area contributed by atoms with Crippen LogP contribution in [-0.2, 0) is 12.8 Å². The van der Waals surface area contributed by atoms with E-state index in [0.29, 0.717) is 11.8 Å². The largest absolute Gasteiger partial charge is 0.508 e. The molecule has 0 radical (unpaired) electrons. The second kappa shape index (κ2) is 7.68. The molecule has 0 aromatic heterocycles. The summed E-state index contributed by atoms with van der Waals surface area (Å²) in [6.45, 7) is 6.95. The standard InChI is InChI=1S/C18H29NO/c1-3-5-12-19(13-6-4-2)16-11-10-15-8-7-9-18(20)17(15)14-16/h7-9,16,20H,3-6,10-14H2,1-2H3/t16-/m0/s1. The predicted molar refractivity (Wildman–Crippen MR) is 85.3 cm³/mol. The number of unbranched alkanes of at least 4 members (excludes halogenated alkanes) is 2. The molecule has 0 saturated carbocycles. The molecule has 20 heavy (non-hydrogen) atoms. The Bertz CT molecular complexity index is 408. The van der Waals surface area contributed by atoms with Crippen LogP contribution in [0.15, 0.2) is 18.2 Å². The third-order valence-electron chi connectivity index (χ3n) is 4.55. The zero-order chi connectivity index (χ0) is 14.4. The van der Waals surface area contributed by atoms with Gasteiger partial charge in [-0.3, -0.25) is 0 Å². The number of aryl methyl sites for hydroxylation is 1. The van der Waals surface area contributed by atoms with Gasteiger partial charge in [-0.2, -0.15) is 0 Å². The first-order chi connectivity index (χ1) is 9.76. The Morgan fingerprint density at radius 1 is 1.15 bits per heavy atom. The van der Waals surface area contributed by atoms with Gasteiger partial charge in [0.2, 0.25) is 0 Å². The smallest absolute Gasteiger partial charge is 0.119 e. The van der Waals surface area contributed by atoms with Crippen molar-refractivity contribution in [2.45, 2.75) is 64.8 Å². The molecule has 0 spiro atoms. The van der Waals surface area contributed by atoms with Gasteiger partial charge in [0.05, 0.1) is 0 Å². The third kappa shape index (κ3) is 3.76. The Morgan fingerprint density at radius 3 is 2.50 bits per heavy atom. The molecule has 2 nitrogen and oxygen atoms in total. The molecule has 0 bridgehead atoms. The molecule has 1 atom stereocenters. The SMILES string of the molecule is CCCCN(CCCC)[C@H]1CCc2cccc(O)c2C1. The monoisotopic (exact) mass is 275 g/mol. The van der Waals surface area contributed by atoms with Crippen LogP contribution >= 0.6 is 0 Å². The van der Waals surface area contributed by atoms with Gasteiger partial charge in [-0.05, 0) is 62.4 Å². The molecule has 0 heterocycles. The quantitative estimate of drug-likeness (QED) is 0.808. The van der Waals surface area contributed by atoms with E-state index in [9.17, 15) is 5.11 Å². The van der Waals surface area contributed by atoms with Crippen molar-refractivity contribution in [3.63, 3.8) is 0 Å². The summed E-state index contributed by atoms with van der Waals surface area (Å²) >= 11 is 0. The van der Waals surface area contributed by atoms with E-state index >= 15 is 0 Å². The van der Waals surface area contributed by atoms with Gasteiger partial charge < -0.3 is 10.0 Å². The second-order valence-corrected chi connectivity index (χ2v) is 6.05. The molecule has 1 aromatic rings. The van der Waals surface area contributed by atoms with Gasteiger partial charge >= 0.3 is 0 Å². The van der Waals surface area contributed by atoms with Gasteiger partial charge in [0.15, 0.2) is 0 Å². The van der Waals surface area contributed by atoms with Crippen LogP contribution in [0.25, 0.3) is 0 Å². The topological polar surface area (TPSA) is 23.5 Å². The highest BCUT2D eigenvalue weighted by molar-refractivity contribution is 5.41. The van der Waals surface area contributed by atoms with Crippen LogP contribution in [-0.4, -0.2) is 29.1 Å². The van der Waals surface area contributed by atoms with Crippen LogP contribution in [0.1, 0.15) is 57.1 Å². The van der Waals surface area contributed by atoms with E-state index in [-0.39, 0.29) is 0 Å². The molecule has 1 aromatic carbocycles. The van der Waals surface area contributed by atoms with E-state index in [1.807, 2.05) is 12.1 Å². The molecule has 0 fully saturated rings. The van der Waals surface area contributed by atoms with Crippen molar-refractivity contribution in [1.29, 1.82) is 0 Å². The second-order valence-electron chi connectivity index (χ2n) is 6.05. The summed E-state index contributed by atoms with van der Waals surface area (Å²) in [4.78, 5) is 2.67. The third-order valence-corrected chi connectivity index (χ3v) is 4.55. The zero-order valence-corrected chi connectivity index (χ0v) is 13.1. The van der Waals surface area contributed by atoms with Gasteiger partial charge in [-0.1, -0.05) is 38.8 Å². The molecule has 0 aliphatic heterocycles. The molecule has 0 saturated heterocycles. The van der Waals surface area contributed by atoms with E-state index in [4.69, 9.17) is 0 Å². The van der Waals surface area contributed by atoms with E-state index in [0.717, 1.165) is 12.8 Å². The zero-order valence-electron chi connectivity index (χ0n) is 13.1. The Labute approximate surface area is 123 Å². The first-order valence-electron chi connectivity index (χ1n) is 8.30. The summed E-state index contributed by atoms with van der Waals surface area (Å²) < 4.78 is 0. The summed E-state index contributed by atoms with van der Waals surface area (Å²) in [6, 6.07) is 6.60. The highest BCUT2D eigenvalue weighted by Crippen LogP contribution is 2.31. The van der Waals surface area contributed by atoms with Crippen molar-refractivity contribution >= 4 is 0 Å². The number of nitrogens with zero attached hydrogens (tertiary/aromatic N) is 1. The number of rotatable bonds is 7. The summed E-state index contributed by atoms with van der Waals surface area (Å²) in [5.74, 6) is 0.498. The fourth-order valence-electron chi connectivity index (χ4n) is 3.26. The van der Waals surface area contributed by atoms with Gasteiger partial charge in [0, 0.05) is 6.04 Å². The summed E-state index contributed by atoms with van der Waals surface area (Å²) in [7, 11) is 0. The number of benzene rings is 1. The molecule has 2 heteroatoms. The molecule has 1 N–H and O–H groups in total. The first kappa shape index (κ1) is 15.4. The van der Waals surface area contributed by atoms with E-state index in [1.165, 1.54) is 56.3 Å². The molecular formula is C18H29NO. The molecule has 0 unspecified atom stereocenters. The Balaban J connectivity index is 2.05. The lowest BCUT2D eigenvalue weighted by molar-refractivity contribution is 0.173. The van der Waals surface area contributed by atoms with E-state index in [1.54, 1.807) is 0 Å². The van der Waals surface area contributed by atoms with Crippen LogP contribution in [0.2, 0.25) is 0 Å². The predicted octanol–water partition coefficient (Wildman–Crippen LogP) is 4.15. The number of hydrogen-bond acceptors (Lipinski definition) is 2. The van der Waals surface area contributed by atoms with Crippen molar-refractivity contribution in [2.75, 3.05) is 13.1 Å². The molecule has 1 aliphatic carbocycles. The minimum absolute atomic E-state index is 0.498. The minimum Gasteiger partial charge on any atom is -0.508 e. The fourth-order valence-corrected chi connectivity index (χ4v) is 3.26. The summed E-state index contributed by atoms with van der Waals surface area (Å²) in [5, 5.41) is 10.1. The normalized spacial score (nSPS) is 18.2. The molecule has 0 amide bonds. The van der Waals surface area contributed by atoms with Crippen molar-refractivity contribution in [1.82, 2.24) is 4.90 Å².